The molecular formula is C18H18F2N2O4S. The van der Waals surface area contributed by atoms with Crippen molar-refractivity contribution >= 4 is 15.7 Å². The molecule has 0 bridgehead atoms. The number of amides is 1. The third-order valence-electron chi connectivity index (χ3n) is 4.32. The number of rotatable bonds is 6. The highest BCUT2D eigenvalue weighted by atomic mass is 32.2. The first-order valence-corrected chi connectivity index (χ1v) is 9.91. The molecule has 0 aromatic heterocycles. The highest BCUT2D eigenvalue weighted by Crippen LogP contribution is 2.32. The second kappa shape index (κ2) is 7.61. The van der Waals surface area contributed by atoms with Crippen molar-refractivity contribution in [2.45, 2.75) is 17.4 Å². The molecule has 1 amide bonds. The Morgan fingerprint density at radius 1 is 1.22 bits per heavy atom. The quantitative estimate of drug-likeness (QED) is 0.728. The number of ether oxygens (including phenoxy) is 1. The average Bonchev–Trinajstić information content (AvgIpc) is 2.62. The van der Waals surface area contributed by atoms with Gasteiger partial charge >= 0.3 is 0 Å². The molecule has 2 aromatic carbocycles. The van der Waals surface area contributed by atoms with E-state index in [0.29, 0.717) is 12.0 Å². The van der Waals surface area contributed by atoms with Crippen molar-refractivity contribution in [2.24, 2.45) is 5.73 Å². The van der Waals surface area contributed by atoms with Crippen LogP contribution >= 0.6 is 0 Å². The van der Waals surface area contributed by atoms with E-state index in [1.54, 1.807) is 0 Å². The fourth-order valence-corrected chi connectivity index (χ4v) is 4.59. The first-order valence-electron chi connectivity index (χ1n) is 8.25. The maximum absolute atomic E-state index is 13.5. The molecule has 3 N–H and O–H groups in total. The van der Waals surface area contributed by atoms with Crippen molar-refractivity contribution in [3.63, 3.8) is 0 Å². The highest BCUT2D eigenvalue weighted by Gasteiger charge is 2.30. The van der Waals surface area contributed by atoms with Crippen molar-refractivity contribution in [2.75, 3.05) is 18.9 Å². The Bertz CT molecular complexity index is 979. The van der Waals surface area contributed by atoms with E-state index in [1.165, 1.54) is 18.2 Å². The molecule has 1 unspecified atom stereocenters. The van der Waals surface area contributed by atoms with Crippen molar-refractivity contribution in [3.8, 4) is 5.75 Å². The van der Waals surface area contributed by atoms with E-state index in [0.717, 1.165) is 18.2 Å². The lowest BCUT2D eigenvalue weighted by molar-refractivity contribution is 0.1000. The molecule has 6 nitrogen and oxygen atoms in total. The summed E-state index contributed by atoms with van der Waals surface area (Å²) in [6.07, 6.45) is 0.311. The lowest BCUT2D eigenvalue weighted by Crippen LogP contribution is -2.32. The second-order valence-electron chi connectivity index (χ2n) is 6.15. The fraction of sp³-hybridized carbons (Fsp3) is 0.278. The van der Waals surface area contributed by atoms with E-state index in [-0.39, 0.29) is 41.2 Å². The molecule has 0 radical (unpaired) electrons. The number of carbonyl (C=O) groups excluding carboxylic acids is 1. The molecule has 3 rings (SSSR count). The smallest absolute Gasteiger partial charge is 0.248 e. The van der Waals surface area contributed by atoms with Crippen LogP contribution in [0.25, 0.3) is 0 Å². The molecule has 2 aromatic rings. The lowest BCUT2D eigenvalue weighted by Gasteiger charge is -2.27. The van der Waals surface area contributed by atoms with E-state index < -0.39 is 27.4 Å². The van der Waals surface area contributed by atoms with E-state index >= 15 is 0 Å². The van der Waals surface area contributed by atoms with Gasteiger partial charge in [0.2, 0.25) is 5.91 Å². The molecule has 27 heavy (non-hydrogen) atoms. The Labute approximate surface area is 155 Å². The Morgan fingerprint density at radius 3 is 2.74 bits per heavy atom. The van der Waals surface area contributed by atoms with Crippen LogP contribution in [0.4, 0.5) is 8.78 Å². The summed E-state index contributed by atoms with van der Waals surface area (Å²) in [4.78, 5) is 11.6. The Kier molecular flexibility index (Phi) is 5.43. The van der Waals surface area contributed by atoms with E-state index in [2.05, 4.69) is 5.32 Å². The second-order valence-corrected chi connectivity index (χ2v) is 8.23. The molecule has 0 saturated carbocycles. The summed E-state index contributed by atoms with van der Waals surface area (Å²) in [6, 6.07) is 6.84. The standard InChI is InChI=1S/C18H18F2N2O4S/c19-12-2-3-14(20)16(10-12)26-7-6-22-15-5-8-27(24,25)17-4-1-11(18(21)23)9-13(15)17/h1-4,9-10,15,22H,5-8H2,(H2,21,23). The Morgan fingerprint density at radius 2 is 2.00 bits per heavy atom. The van der Waals surface area contributed by atoms with Crippen LogP contribution < -0.4 is 15.8 Å². The molecule has 144 valence electrons. The van der Waals surface area contributed by atoms with Gasteiger partial charge in [0.25, 0.3) is 0 Å². The first kappa shape index (κ1) is 19.2. The summed E-state index contributed by atoms with van der Waals surface area (Å²) in [5.74, 6) is -2.15. The van der Waals surface area contributed by atoms with Gasteiger partial charge in [0.1, 0.15) is 12.4 Å². The summed E-state index contributed by atoms with van der Waals surface area (Å²) in [7, 11) is -3.42. The predicted molar refractivity (Wildman–Crippen MR) is 94.2 cm³/mol. The largest absolute Gasteiger partial charge is 0.489 e. The zero-order chi connectivity index (χ0) is 19.6. The summed E-state index contributed by atoms with van der Waals surface area (Å²) >= 11 is 0. The van der Waals surface area contributed by atoms with Crippen LogP contribution in [-0.2, 0) is 9.84 Å². The van der Waals surface area contributed by atoms with Crippen LogP contribution in [0.15, 0.2) is 41.3 Å². The minimum Gasteiger partial charge on any atom is -0.489 e. The van der Waals surface area contributed by atoms with Gasteiger partial charge in [0.05, 0.1) is 10.6 Å². The van der Waals surface area contributed by atoms with Gasteiger partial charge in [-0.15, -0.1) is 0 Å². The van der Waals surface area contributed by atoms with Gasteiger partial charge < -0.3 is 15.8 Å². The van der Waals surface area contributed by atoms with E-state index in [4.69, 9.17) is 10.5 Å². The number of hydrogen-bond donors (Lipinski definition) is 2. The van der Waals surface area contributed by atoms with Crippen LogP contribution in [0.2, 0.25) is 0 Å². The molecule has 0 saturated heterocycles. The Balaban J connectivity index is 1.70. The number of carbonyl (C=O) groups is 1. The van der Waals surface area contributed by atoms with Gasteiger partial charge in [-0.05, 0) is 42.3 Å². The normalized spacial score (nSPS) is 17.9. The molecule has 1 heterocycles. The Hall–Kier alpha value is -2.52. The number of primary amides is 1. The van der Waals surface area contributed by atoms with Gasteiger partial charge in [-0.25, -0.2) is 17.2 Å². The lowest BCUT2D eigenvalue weighted by atomic mass is 10.0. The summed E-state index contributed by atoms with van der Waals surface area (Å²) in [6.45, 7) is 0.315. The van der Waals surface area contributed by atoms with Crippen molar-refractivity contribution < 1.29 is 26.7 Å². The van der Waals surface area contributed by atoms with Gasteiger partial charge in [-0.3, -0.25) is 4.79 Å². The monoisotopic (exact) mass is 396 g/mol. The first-order chi connectivity index (χ1) is 12.8. The fourth-order valence-electron chi connectivity index (χ4n) is 2.99. The van der Waals surface area contributed by atoms with Crippen LogP contribution in [0.5, 0.6) is 5.75 Å². The van der Waals surface area contributed by atoms with E-state index in [9.17, 15) is 22.0 Å². The highest BCUT2D eigenvalue weighted by molar-refractivity contribution is 7.91. The van der Waals surface area contributed by atoms with Crippen molar-refractivity contribution in [3.05, 3.63) is 59.2 Å². The van der Waals surface area contributed by atoms with Gasteiger partial charge in [0, 0.05) is 24.2 Å². The number of nitrogens with one attached hydrogen (secondary N) is 1. The molecular weight excluding hydrogens is 378 g/mol. The number of sulfone groups is 1. The van der Waals surface area contributed by atoms with E-state index in [1.807, 2.05) is 0 Å². The molecule has 1 aliphatic heterocycles. The van der Waals surface area contributed by atoms with Crippen LogP contribution in [0.3, 0.4) is 0 Å². The van der Waals surface area contributed by atoms with Crippen LogP contribution in [0.1, 0.15) is 28.4 Å². The number of halogens is 2. The van der Waals surface area contributed by atoms with Crippen molar-refractivity contribution in [1.82, 2.24) is 5.32 Å². The maximum atomic E-state index is 13.5. The van der Waals surface area contributed by atoms with Crippen LogP contribution in [0, 0.1) is 11.6 Å². The van der Waals surface area contributed by atoms with Gasteiger partial charge in [-0.2, -0.15) is 0 Å². The topological polar surface area (TPSA) is 98.5 Å². The van der Waals surface area contributed by atoms with Gasteiger partial charge in [0.15, 0.2) is 21.4 Å². The molecule has 1 atom stereocenters. The number of hydrogen-bond acceptors (Lipinski definition) is 5. The molecule has 1 aliphatic rings. The molecule has 9 heteroatoms. The number of nitrogens with two attached hydrogens (primary N) is 1. The maximum Gasteiger partial charge on any atom is 0.248 e. The number of benzene rings is 2. The zero-order valence-corrected chi connectivity index (χ0v) is 15.1. The SMILES string of the molecule is NC(=O)c1ccc2c(c1)C(NCCOc1cc(F)ccc1F)CCS2(=O)=O. The molecule has 0 spiro atoms. The predicted octanol–water partition coefficient (Wildman–Crippen LogP) is 1.95. The van der Waals surface area contributed by atoms with Crippen LogP contribution in [-0.4, -0.2) is 33.2 Å². The van der Waals surface area contributed by atoms with Crippen molar-refractivity contribution in [1.29, 1.82) is 0 Å². The molecule has 0 aliphatic carbocycles. The molecule has 0 fully saturated rings. The number of fused-ring (bicyclic) bond motifs is 1. The summed E-state index contributed by atoms with van der Waals surface area (Å²) in [5, 5.41) is 3.13. The summed E-state index contributed by atoms with van der Waals surface area (Å²) < 4.78 is 56.4. The third-order valence-corrected chi connectivity index (χ3v) is 6.14. The zero-order valence-electron chi connectivity index (χ0n) is 14.2. The third kappa shape index (κ3) is 4.25. The average molecular weight is 396 g/mol. The minimum absolute atomic E-state index is 0.0348. The van der Waals surface area contributed by atoms with Gasteiger partial charge in [-0.1, -0.05) is 0 Å². The minimum atomic E-state index is -3.42. The summed E-state index contributed by atoms with van der Waals surface area (Å²) in [5.41, 5.74) is 5.96.